The number of piperidine rings is 1. The predicted octanol–water partition coefficient (Wildman–Crippen LogP) is 1.61. The highest BCUT2D eigenvalue weighted by Gasteiger charge is 2.36. The highest BCUT2D eigenvalue weighted by atomic mass is 32.2. The molecule has 1 saturated heterocycles. The Hall–Kier alpha value is -2.61. The zero-order valence-electron chi connectivity index (χ0n) is 15.0. The summed E-state index contributed by atoms with van der Waals surface area (Å²) in [5.74, 6) is 0.362. The van der Waals surface area contributed by atoms with Crippen molar-refractivity contribution in [2.75, 3.05) is 17.8 Å². The SMILES string of the molecule is CC(=O)N1C[C@H]2C[C@H](C1)c1ccc(NS(=O)(=O)c3ccccc3)c(=O)n1C2. The second-order valence-corrected chi connectivity index (χ2v) is 8.91. The third-order valence-corrected chi connectivity index (χ3v) is 6.73. The second kappa shape index (κ2) is 6.53. The molecule has 0 saturated carbocycles. The third-order valence-electron chi connectivity index (χ3n) is 5.35. The van der Waals surface area contributed by atoms with Crippen molar-refractivity contribution in [3.05, 3.63) is 58.5 Å². The van der Waals surface area contributed by atoms with E-state index in [1.54, 1.807) is 35.8 Å². The van der Waals surface area contributed by atoms with Crippen LogP contribution in [0.1, 0.15) is 25.0 Å². The molecule has 3 heterocycles. The van der Waals surface area contributed by atoms with Crippen molar-refractivity contribution in [1.82, 2.24) is 9.47 Å². The Morgan fingerprint density at radius 1 is 1.07 bits per heavy atom. The number of nitrogens with zero attached hydrogens (tertiary/aromatic N) is 2. The molecule has 0 spiro atoms. The number of hydrogen-bond donors (Lipinski definition) is 1. The van der Waals surface area contributed by atoms with Gasteiger partial charge in [0.05, 0.1) is 4.90 Å². The molecule has 1 N–H and O–H groups in total. The van der Waals surface area contributed by atoms with Crippen LogP contribution < -0.4 is 10.3 Å². The number of anilines is 1. The van der Waals surface area contributed by atoms with Gasteiger partial charge in [-0.15, -0.1) is 0 Å². The molecule has 1 fully saturated rings. The summed E-state index contributed by atoms with van der Waals surface area (Å²) in [6.45, 7) is 3.29. The molecule has 27 heavy (non-hydrogen) atoms. The van der Waals surface area contributed by atoms with Gasteiger partial charge in [0.2, 0.25) is 5.91 Å². The molecule has 1 aromatic carbocycles. The molecule has 8 heteroatoms. The van der Waals surface area contributed by atoms with Crippen LogP contribution in [0.4, 0.5) is 5.69 Å². The number of rotatable bonds is 3. The standard InChI is InChI=1S/C19H21N3O4S/c1-13(23)21-10-14-9-15(12-21)18-8-7-17(19(24)22(18)11-14)20-27(25,26)16-5-3-2-4-6-16/h2-8,14-15,20H,9-12H2,1H3/t14-,15-/m1/s1. The molecule has 4 rings (SSSR count). The van der Waals surface area contributed by atoms with Gasteiger partial charge in [-0.3, -0.25) is 14.3 Å². The van der Waals surface area contributed by atoms with Crippen LogP contribution in [0.15, 0.2) is 52.2 Å². The number of hydrogen-bond acceptors (Lipinski definition) is 4. The number of likely N-dealkylation sites (tertiary alicyclic amines) is 1. The lowest BCUT2D eigenvalue weighted by Crippen LogP contribution is -2.48. The van der Waals surface area contributed by atoms with Gasteiger partial charge in [0.15, 0.2) is 0 Å². The zero-order valence-corrected chi connectivity index (χ0v) is 15.8. The molecule has 2 aliphatic heterocycles. The topological polar surface area (TPSA) is 88.5 Å². The van der Waals surface area contributed by atoms with Crippen molar-refractivity contribution < 1.29 is 13.2 Å². The van der Waals surface area contributed by atoms with E-state index >= 15 is 0 Å². The highest BCUT2D eigenvalue weighted by Crippen LogP contribution is 2.35. The van der Waals surface area contributed by atoms with Crippen molar-refractivity contribution in [3.63, 3.8) is 0 Å². The van der Waals surface area contributed by atoms with E-state index in [0.717, 1.165) is 12.1 Å². The minimum absolute atomic E-state index is 0.0472. The molecular weight excluding hydrogens is 366 g/mol. The molecule has 1 aromatic heterocycles. The summed E-state index contributed by atoms with van der Waals surface area (Å²) in [5.41, 5.74) is 0.578. The van der Waals surface area contributed by atoms with Crippen LogP contribution in [0.5, 0.6) is 0 Å². The summed E-state index contributed by atoms with van der Waals surface area (Å²) in [5, 5.41) is 0. The van der Waals surface area contributed by atoms with Crippen LogP contribution in [0.3, 0.4) is 0 Å². The van der Waals surface area contributed by atoms with E-state index in [0.29, 0.717) is 19.6 Å². The fraction of sp³-hybridized carbons (Fsp3) is 0.368. The molecular formula is C19H21N3O4S. The van der Waals surface area contributed by atoms with E-state index < -0.39 is 10.0 Å². The molecule has 2 bridgehead atoms. The molecule has 1 amide bonds. The van der Waals surface area contributed by atoms with Crippen molar-refractivity contribution in [2.24, 2.45) is 5.92 Å². The van der Waals surface area contributed by atoms with E-state index in [9.17, 15) is 18.0 Å². The predicted molar refractivity (Wildman–Crippen MR) is 101 cm³/mol. The first-order valence-corrected chi connectivity index (χ1v) is 10.4. The second-order valence-electron chi connectivity index (χ2n) is 7.23. The van der Waals surface area contributed by atoms with E-state index in [4.69, 9.17) is 0 Å². The Kier molecular flexibility index (Phi) is 4.30. The van der Waals surface area contributed by atoms with Crippen molar-refractivity contribution in [2.45, 2.75) is 30.7 Å². The van der Waals surface area contributed by atoms with Crippen LogP contribution in [-0.2, 0) is 21.4 Å². The summed E-state index contributed by atoms with van der Waals surface area (Å²) < 4.78 is 29.2. The van der Waals surface area contributed by atoms with Crippen LogP contribution in [0.25, 0.3) is 0 Å². The Morgan fingerprint density at radius 2 is 1.81 bits per heavy atom. The Balaban J connectivity index is 1.67. The largest absolute Gasteiger partial charge is 0.342 e. The van der Waals surface area contributed by atoms with Crippen molar-refractivity contribution in [1.29, 1.82) is 0 Å². The summed E-state index contributed by atoms with van der Waals surface area (Å²) in [6.07, 6.45) is 0.943. The molecule has 2 atom stereocenters. The highest BCUT2D eigenvalue weighted by molar-refractivity contribution is 7.92. The van der Waals surface area contributed by atoms with Gasteiger partial charge >= 0.3 is 0 Å². The molecule has 0 aliphatic carbocycles. The number of amides is 1. The number of carbonyl (C=O) groups is 1. The molecule has 0 radical (unpaired) electrons. The van der Waals surface area contributed by atoms with Gasteiger partial charge in [-0.05, 0) is 36.6 Å². The zero-order chi connectivity index (χ0) is 19.2. The van der Waals surface area contributed by atoms with Crippen LogP contribution in [0, 0.1) is 5.92 Å². The van der Waals surface area contributed by atoms with E-state index in [2.05, 4.69) is 4.72 Å². The van der Waals surface area contributed by atoms with Gasteiger partial charge in [-0.1, -0.05) is 18.2 Å². The summed E-state index contributed by atoms with van der Waals surface area (Å²) in [4.78, 5) is 26.6. The van der Waals surface area contributed by atoms with E-state index in [1.165, 1.54) is 18.2 Å². The average Bonchev–Trinajstić information content (AvgIpc) is 2.65. The molecule has 0 unspecified atom stereocenters. The Labute approximate surface area is 157 Å². The number of carbonyl (C=O) groups excluding carboxylic acids is 1. The maximum atomic E-state index is 12.9. The Bertz CT molecular complexity index is 1050. The maximum absolute atomic E-state index is 12.9. The van der Waals surface area contributed by atoms with Gasteiger partial charge in [0.25, 0.3) is 15.6 Å². The molecule has 2 aromatic rings. The fourth-order valence-electron chi connectivity index (χ4n) is 4.08. The number of benzene rings is 1. The average molecular weight is 387 g/mol. The molecule has 7 nitrogen and oxygen atoms in total. The lowest BCUT2D eigenvalue weighted by Gasteiger charge is -2.42. The third kappa shape index (κ3) is 3.25. The van der Waals surface area contributed by atoms with Crippen LogP contribution in [0.2, 0.25) is 0 Å². The lowest BCUT2D eigenvalue weighted by atomic mass is 9.83. The maximum Gasteiger partial charge on any atom is 0.275 e. The molecule has 2 aliphatic rings. The van der Waals surface area contributed by atoms with Gasteiger partial charge < -0.3 is 9.47 Å². The minimum atomic E-state index is -3.82. The van der Waals surface area contributed by atoms with Crippen molar-refractivity contribution >= 4 is 21.6 Å². The number of pyridine rings is 1. The van der Waals surface area contributed by atoms with Gasteiger partial charge in [0.1, 0.15) is 5.69 Å². The fourth-order valence-corrected chi connectivity index (χ4v) is 5.16. The monoisotopic (exact) mass is 387 g/mol. The van der Waals surface area contributed by atoms with Crippen LogP contribution in [-0.4, -0.2) is 36.9 Å². The van der Waals surface area contributed by atoms with Gasteiger partial charge in [-0.25, -0.2) is 8.42 Å². The van der Waals surface area contributed by atoms with Crippen molar-refractivity contribution in [3.8, 4) is 0 Å². The van der Waals surface area contributed by atoms with Gasteiger partial charge in [0, 0.05) is 38.2 Å². The van der Waals surface area contributed by atoms with Crippen LogP contribution >= 0.6 is 0 Å². The van der Waals surface area contributed by atoms with Gasteiger partial charge in [-0.2, -0.15) is 0 Å². The van der Waals surface area contributed by atoms with E-state index in [-0.39, 0.29) is 33.9 Å². The smallest absolute Gasteiger partial charge is 0.275 e. The first kappa shape index (κ1) is 17.8. The summed E-state index contributed by atoms with van der Waals surface area (Å²) in [7, 11) is -3.82. The lowest BCUT2D eigenvalue weighted by molar-refractivity contribution is -0.131. The number of nitrogens with one attached hydrogen (secondary N) is 1. The summed E-state index contributed by atoms with van der Waals surface area (Å²) in [6, 6.07) is 11.3. The normalized spacial score (nSPS) is 21.4. The van der Waals surface area contributed by atoms with E-state index in [1.807, 2.05) is 4.90 Å². The Morgan fingerprint density at radius 3 is 2.52 bits per heavy atom. The quantitative estimate of drug-likeness (QED) is 0.867. The number of aromatic nitrogens is 1. The summed E-state index contributed by atoms with van der Waals surface area (Å²) >= 11 is 0. The first-order valence-electron chi connectivity index (χ1n) is 8.92. The number of sulfonamides is 1. The minimum Gasteiger partial charge on any atom is -0.342 e. The molecule has 142 valence electrons. The first-order chi connectivity index (χ1) is 12.8. The number of fused-ring (bicyclic) bond motifs is 4.